The molecule has 1 aliphatic rings. The molecule has 0 aliphatic carbocycles. The number of aliphatic hydroxyl groups excluding tert-OH is 1. The number of nitrogens with zero attached hydrogens (tertiary/aromatic N) is 2. The van der Waals surface area contributed by atoms with Crippen LogP contribution in [-0.4, -0.2) is 72.8 Å². The van der Waals surface area contributed by atoms with Gasteiger partial charge < -0.3 is 30.1 Å². The number of hydrogen-bond donors (Lipinski definition) is 3. The van der Waals surface area contributed by atoms with Crippen molar-refractivity contribution in [1.29, 1.82) is 0 Å². The number of para-hydroxylation sites is 1. The largest absolute Gasteiger partial charge is 0.497 e. The summed E-state index contributed by atoms with van der Waals surface area (Å²) in [5.41, 5.74) is 2.13. The Labute approximate surface area is 239 Å². The molecule has 0 saturated carbocycles. The predicted octanol–water partition coefficient (Wildman–Crippen LogP) is 4.83. The third-order valence-electron chi connectivity index (χ3n) is 7.14. The number of halogens is 1. The minimum absolute atomic E-state index is 0.0967. The van der Waals surface area contributed by atoms with Gasteiger partial charge in [-0.1, -0.05) is 25.1 Å². The van der Waals surface area contributed by atoms with E-state index in [0.717, 1.165) is 11.3 Å². The van der Waals surface area contributed by atoms with Gasteiger partial charge in [0.2, 0.25) is 0 Å². The third-order valence-corrected chi connectivity index (χ3v) is 7.14. The number of aliphatic hydroxyl groups is 1. The smallest absolute Gasteiger partial charge is 0.323 e. The first-order valence-corrected chi connectivity index (χ1v) is 13.5. The van der Waals surface area contributed by atoms with Crippen molar-refractivity contribution in [2.75, 3.05) is 44.5 Å². The standard InChI is InChI=1S/C31H37FN4O5/c1-20-16-36(21(2)19-37)30(38)26-6-5-7-27(34-31(39)33-24-12-10-23(32)11-13-24)29(26)41-28(20)18-35(3)17-22-8-14-25(40-4)15-9-22/h5-15,20-21,28,37H,16-19H2,1-4H3,(H2,33,34,39)/t20-,21+,28-/m1/s1. The number of fused-ring (bicyclic) bond motifs is 1. The first-order valence-electron chi connectivity index (χ1n) is 13.5. The summed E-state index contributed by atoms with van der Waals surface area (Å²) in [5.74, 6) is 0.250. The molecule has 41 heavy (non-hydrogen) atoms. The van der Waals surface area contributed by atoms with E-state index in [0.29, 0.717) is 36.6 Å². The van der Waals surface area contributed by atoms with Gasteiger partial charge in [-0.3, -0.25) is 9.69 Å². The zero-order chi connectivity index (χ0) is 29.5. The number of ether oxygens (including phenoxy) is 2. The van der Waals surface area contributed by atoms with Gasteiger partial charge in [0.15, 0.2) is 5.75 Å². The van der Waals surface area contributed by atoms with Crippen LogP contribution in [0.2, 0.25) is 0 Å². The summed E-state index contributed by atoms with van der Waals surface area (Å²) in [4.78, 5) is 30.3. The van der Waals surface area contributed by atoms with Crippen molar-refractivity contribution in [3.05, 3.63) is 83.7 Å². The molecule has 0 bridgehead atoms. The fourth-order valence-corrected chi connectivity index (χ4v) is 4.79. The van der Waals surface area contributed by atoms with Gasteiger partial charge in [-0.15, -0.1) is 0 Å². The number of amides is 3. The van der Waals surface area contributed by atoms with Gasteiger partial charge in [-0.2, -0.15) is 0 Å². The van der Waals surface area contributed by atoms with E-state index in [4.69, 9.17) is 9.47 Å². The Balaban J connectivity index is 1.61. The van der Waals surface area contributed by atoms with Crippen molar-refractivity contribution >= 4 is 23.3 Å². The number of methoxy groups -OCH3 is 1. The molecule has 1 aliphatic heterocycles. The number of likely N-dealkylation sites (N-methyl/N-ethyl adjacent to an activating group) is 1. The summed E-state index contributed by atoms with van der Waals surface area (Å²) in [6.45, 7) is 5.23. The molecule has 3 atom stereocenters. The third kappa shape index (κ3) is 7.53. The number of anilines is 2. The monoisotopic (exact) mass is 564 g/mol. The SMILES string of the molecule is COc1ccc(CN(C)C[C@H]2Oc3c(NC(=O)Nc4ccc(F)cc4)cccc3C(=O)N([C@@H](C)CO)C[C@H]2C)cc1. The Hall–Kier alpha value is -4.15. The van der Waals surface area contributed by atoms with E-state index in [1.165, 1.54) is 24.3 Å². The van der Waals surface area contributed by atoms with Gasteiger partial charge in [0, 0.05) is 31.2 Å². The first kappa shape index (κ1) is 29.8. The Morgan fingerprint density at radius 3 is 2.51 bits per heavy atom. The zero-order valence-corrected chi connectivity index (χ0v) is 23.8. The van der Waals surface area contributed by atoms with Crippen LogP contribution in [-0.2, 0) is 6.54 Å². The second-order valence-electron chi connectivity index (χ2n) is 10.4. The Bertz CT molecular complexity index is 1340. The summed E-state index contributed by atoms with van der Waals surface area (Å²) >= 11 is 0. The van der Waals surface area contributed by atoms with Gasteiger partial charge in [-0.05, 0) is 68.1 Å². The van der Waals surface area contributed by atoms with E-state index in [1.807, 2.05) is 38.2 Å². The molecule has 4 rings (SSSR count). The second kappa shape index (κ2) is 13.5. The molecular formula is C31H37FN4O5. The molecule has 3 aromatic rings. The van der Waals surface area contributed by atoms with Crippen molar-refractivity contribution in [1.82, 2.24) is 9.80 Å². The van der Waals surface area contributed by atoms with Crippen molar-refractivity contribution in [2.24, 2.45) is 5.92 Å². The second-order valence-corrected chi connectivity index (χ2v) is 10.4. The van der Waals surface area contributed by atoms with E-state index in [1.54, 1.807) is 37.1 Å². The number of carbonyl (C=O) groups excluding carboxylic acids is 2. The number of urea groups is 1. The molecule has 3 amide bonds. The van der Waals surface area contributed by atoms with E-state index >= 15 is 0 Å². The lowest BCUT2D eigenvalue weighted by Crippen LogP contribution is -2.49. The first-order chi connectivity index (χ1) is 19.7. The van der Waals surface area contributed by atoms with E-state index in [-0.39, 0.29) is 30.3 Å². The van der Waals surface area contributed by atoms with Crippen molar-refractivity contribution in [3.8, 4) is 11.5 Å². The number of rotatable bonds is 9. The fraction of sp³-hybridized carbons (Fsp3) is 0.355. The van der Waals surface area contributed by atoms with Crippen LogP contribution in [0.4, 0.5) is 20.6 Å². The van der Waals surface area contributed by atoms with Crippen LogP contribution < -0.4 is 20.1 Å². The number of carbonyl (C=O) groups is 2. The van der Waals surface area contributed by atoms with Gasteiger partial charge in [0.05, 0.1) is 31.0 Å². The highest BCUT2D eigenvalue weighted by Gasteiger charge is 2.34. The highest BCUT2D eigenvalue weighted by molar-refractivity contribution is 6.04. The maximum absolute atomic E-state index is 13.7. The van der Waals surface area contributed by atoms with Crippen LogP contribution >= 0.6 is 0 Å². The zero-order valence-electron chi connectivity index (χ0n) is 23.8. The fourth-order valence-electron chi connectivity index (χ4n) is 4.79. The van der Waals surface area contributed by atoms with E-state index in [9.17, 15) is 19.1 Å². The van der Waals surface area contributed by atoms with E-state index in [2.05, 4.69) is 15.5 Å². The van der Waals surface area contributed by atoms with Gasteiger partial charge >= 0.3 is 6.03 Å². The Kier molecular flexibility index (Phi) is 9.80. The molecular weight excluding hydrogens is 527 g/mol. The van der Waals surface area contributed by atoms with Crippen LogP contribution in [0, 0.1) is 11.7 Å². The molecule has 0 radical (unpaired) electrons. The minimum Gasteiger partial charge on any atom is -0.497 e. The van der Waals surface area contributed by atoms with Crippen LogP contribution in [0.1, 0.15) is 29.8 Å². The van der Waals surface area contributed by atoms with Crippen LogP contribution in [0.5, 0.6) is 11.5 Å². The van der Waals surface area contributed by atoms with Crippen LogP contribution in [0.3, 0.4) is 0 Å². The number of nitrogens with one attached hydrogen (secondary N) is 2. The lowest BCUT2D eigenvalue weighted by Gasteiger charge is -2.38. The van der Waals surface area contributed by atoms with Gasteiger partial charge in [-0.25, -0.2) is 9.18 Å². The summed E-state index contributed by atoms with van der Waals surface area (Å²) in [6.07, 6.45) is -0.346. The summed E-state index contributed by atoms with van der Waals surface area (Å²) in [7, 11) is 3.63. The molecule has 0 unspecified atom stereocenters. The molecule has 0 fully saturated rings. The Morgan fingerprint density at radius 2 is 1.85 bits per heavy atom. The average Bonchev–Trinajstić information content (AvgIpc) is 2.96. The molecule has 0 spiro atoms. The molecule has 0 saturated heterocycles. The van der Waals surface area contributed by atoms with E-state index < -0.39 is 17.9 Å². The molecule has 0 aromatic heterocycles. The van der Waals surface area contributed by atoms with Crippen LogP contribution in [0.15, 0.2) is 66.7 Å². The lowest BCUT2D eigenvalue weighted by atomic mass is 9.99. The maximum atomic E-state index is 13.7. The molecule has 1 heterocycles. The molecule has 3 aromatic carbocycles. The average molecular weight is 565 g/mol. The normalized spacial score (nSPS) is 17.6. The predicted molar refractivity (Wildman–Crippen MR) is 156 cm³/mol. The topological polar surface area (TPSA) is 103 Å². The van der Waals surface area contributed by atoms with Crippen molar-refractivity contribution < 1.29 is 28.6 Å². The number of benzene rings is 3. The maximum Gasteiger partial charge on any atom is 0.323 e. The summed E-state index contributed by atoms with van der Waals surface area (Å²) in [6, 6.07) is 17.3. The number of hydrogen-bond acceptors (Lipinski definition) is 6. The minimum atomic E-state index is -0.565. The van der Waals surface area contributed by atoms with Crippen molar-refractivity contribution in [3.63, 3.8) is 0 Å². The van der Waals surface area contributed by atoms with Crippen LogP contribution in [0.25, 0.3) is 0 Å². The molecule has 9 nitrogen and oxygen atoms in total. The summed E-state index contributed by atoms with van der Waals surface area (Å²) in [5, 5.41) is 15.4. The molecule has 10 heteroatoms. The highest BCUT2D eigenvalue weighted by Crippen LogP contribution is 2.35. The lowest BCUT2D eigenvalue weighted by molar-refractivity contribution is 0.0343. The quantitative estimate of drug-likeness (QED) is 0.344. The molecule has 218 valence electrons. The molecule has 3 N–H and O–H groups in total. The summed E-state index contributed by atoms with van der Waals surface area (Å²) < 4.78 is 25.1. The van der Waals surface area contributed by atoms with Gasteiger partial charge in [0.1, 0.15) is 17.7 Å². The van der Waals surface area contributed by atoms with Crippen molar-refractivity contribution in [2.45, 2.75) is 32.5 Å². The highest BCUT2D eigenvalue weighted by atomic mass is 19.1. The van der Waals surface area contributed by atoms with Gasteiger partial charge in [0.25, 0.3) is 5.91 Å². The Morgan fingerprint density at radius 1 is 1.15 bits per heavy atom.